The Morgan fingerprint density at radius 1 is 1.27 bits per heavy atom. The van der Waals surface area contributed by atoms with E-state index in [4.69, 9.17) is 0 Å². The van der Waals surface area contributed by atoms with E-state index >= 15 is 0 Å². The highest BCUT2D eigenvalue weighted by molar-refractivity contribution is 5.92. The Balaban J connectivity index is 2.68. The van der Waals surface area contributed by atoms with Crippen LogP contribution in [0.2, 0.25) is 0 Å². The number of carbonyl (C=O) groups excluding carboxylic acids is 1. The Morgan fingerprint density at radius 3 is 2.40 bits per heavy atom. The van der Waals surface area contributed by atoms with Gasteiger partial charge in [0.2, 0.25) is 5.91 Å². The van der Waals surface area contributed by atoms with Crippen LogP contribution in [0.5, 0.6) is 0 Å². The van der Waals surface area contributed by atoms with Crippen LogP contribution in [0.3, 0.4) is 0 Å². The zero-order chi connectivity index (χ0) is 11.3. The van der Waals surface area contributed by atoms with E-state index in [0.717, 1.165) is 16.8 Å². The van der Waals surface area contributed by atoms with Crippen LogP contribution in [-0.4, -0.2) is 19.5 Å². The number of benzene rings is 1. The largest absolute Gasteiger partial charge is 0.326 e. The van der Waals surface area contributed by atoms with Crippen LogP contribution in [-0.2, 0) is 4.79 Å². The first-order chi connectivity index (χ1) is 7.15. The molecule has 0 aliphatic heterocycles. The van der Waals surface area contributed by atoms with Gasteiger partial charge in [-0.3, -0.25) is 4.79 Å². The average Bonchev–Trinajstić information content (AvgIpc) is 2.21. The van der Waals surface area contributed by atoms with Crippen LogP contribution in [0.1, 0.15) is 17.5 Å². The van der Waals surface area contributed by atoms with Gasteiger partial charge >= 0.3 is 0 Å². The highest BCUT2D eigenvalue weighted by atomic mass is 16.1. The van der Waals surface area contributed by atoms with Gasteiger partial charge in [0.15, 0.2) is 0 Å². The summed E-state index contributed by atoms with van der Waals surface area (Å²) in [6.07, 6.45) is 0.504. The maximum absolute atomic E-state index is 11.5. The summed E-state index contributed by atoms with van der Waals surface area (Å²) < 4.78 is 0. The first-order valence-electron chi connectivity index (χ1n) is 5.16. The number of hydrogen-bond acceptors (Lipinski definition) is 2. The van der Waals surface area contributed by atoms with E-state index in [1.165, 1.54) is 0 Å². The van der Waals surface area contributed by atoms with Crippen LogP contribution in [0.25, 0.3) is 0 Å². The van der Waals surface area contributed by atoms with E-state index in [0.29, 0.717) is 13.0 Å². The van der Waals surface area contributed by atoms with Crippen molar-refractivity contribution in [1.82, 2.24) is 5.32 Å². The Kier molecular flexibility index (Phi) is 4.31. The third kappa shape index (κ3) is 3.36. The van der Waals surface area contributed by atoms with Crippen LogP contribution in [0.15, 0.2) is 18.2 Å². The summed E-state index contributed by atoms with van der Waals surface area (Å²) in [5.74, 6) is 0.0572. The summed E-state index contributed by atoms with van der Waals surface area (Å²) in [6.45, 7) is 4.71. The summed E-state index contributed by atoms with van der Waals surface area (Å²) in [5, 5.41) is 5.89. The molecule has 1 aromatic carbocycles. The van der Waals surface area contributed by atoms with E-state index in [1.54, 1.807) is 0 Å². The first-order valence-corrected chi connectivity index (χ1v) is 5.16. The second-order valence-corrected chi connectivity index (χ2v) is 3.67. The lowest BCUT2D eigenvalue weighted by Gasteiger charge is -2.11. The predicted molar refractivity (Wildman–Crippen MR) is 63.1 cm³/mol. The van der Waals surface area contributed by atoms with Gasteiger partial charge < -0.3 is 10.6 Å². The number of anilines is 1. The van der Waals surface area contributed by atoms with Crippen molar-refractivity contribution in [3.05, 3.63) is 29.3 Å². The fourth-order valence-corrected chi connectivity index (χ4v) is 1.45. The molecule has 15 heavy (non-hydrogen) atoms. The van der Waals surface area contributed by atoms with Crippen molar-refractivity contribution in [2.45, 2.75) is 20.3 Å². The van der Waals surface area contributed by atoms with Crippen molar-refractivity contribution in [3.63, 3.8) is 0 Å². The molecule has 0 aliphatic carbocycles. The molecule has 0 unspecified atom stereocenters. The second kappa shape index (κ2) is 5.51. The molecule has 1 rings (SSSR count). The Labute approximate surface area is 90.9 Å². The minimum absolute atomic E-state index is 0.0572. The number of amides is 1. The highest BCUT2D eigenvalue weighted by Crippen LogP contribution is 2.19. The maximum atomic E-state index is 11.5. The van der Waals surface area contributed by atoms with E-state index in [9.17, 15) is 4.79 Å². The van der Waals surface area contributed by atoms with Crippen LogP contribution >= 0.6 is 0 Å². The second-order valence-electron chi connectivity index (χ2n) is 3.67. The van der Waals surface area contributed by atoms with Gasteiger partial charge in [0.25, 0.3) is 0 Å². The fraction of sp³-hybridized carbons (Fsp3) is 0.417. The Hall–Kier alpha value is -1.35. The monoisotopic (exact) mass is 206 g/mol. The van der Waals surface area contributed by atoms with Gasteiger partial charge in [0.05, 0.1) is 0 Å². The van der Waals surface area contributed by atoms with Crippen molar-refractivity contribution < 1.29 is 4.79 Å². The fourth-order valence-electron chi connectivity index (χ4n) is 1.45. The SMILES string of the molecule is CNCCC(=O)Nc1c(C)cccc1C. The quantitative estimate of drug-likeness (QED) is 0.789. The molecule has 1 aromatic rings. The van der Waals surface area contributed by atoms with Crippen molar-refractivity contribution >= 4 is 11.6 Å². The number of carbonyl (C=O) groups is 1. The predicted octanol–water partition coefficient (Wildman–Crippen LogP) is 1.85. The van der Waals surface area contributed by atoms with Gasteiger partial charge in [-0.1, -0.05) is 18.2 Å². The molecule has 0 aliphatic rings. The van der Waals surface area contributed by atoms with Crippen molar-refractivity contribution in [2.24, 2.45) is 0 Å². The molecular formula is C12H18N2O. The number of aryl methyl sites for hydroxylation is 2. The number of para-hydroxylation sites is 1. The molecule has 1 amide bonds. The Morgan fingerprint density at radius 2 is 1.87 bits per heavy atom. The van der Waals surface area contributed by atoms with Crippen molar-refractivity contribution in [2.75, 3.05) is 18.9 Å². The number of nitrogens with one attached hydrogen (secondary N) is 2. The maximum Gasteiger partial charge on any atom is 0.225 e. The minimum atomic E-state index is 0.0572. The van der Waals surface area contributed by atoms with E-state index in [2.05, 4.69) is 10.6 Å². The summed E-state index contributed by atoms with van der Waals surface area (Å²) in [5.41, 5.74) is 3.15. The normalized spacial score (nSPS) is 10.1. The smallest absolute Gasteiger partial charge is 0.225 e. The molecule has 2 N–H and O–H groups in total. The molecule has 0 saturated heterocycles. The molecule has 0 spiro atoms. The molecule has 0 aromatic heterocycles. The van der Waals surface area contributed by atoms with Gasteiger partial charge in [-0.2, -0.15) is 0 Å². The van der Waals surface area contributed by atoms with Crippen LogP contribution in [0.4, 0.5) is 5.69 Å². The van der Waals surface area contributed by atoms with Crippen molar-refractivity contribution in [3.8, 4) is 0 Å². The van der Waals surface area contributed by atoms with Crippen LogP contribution in [0, 0.1) is 13.8 Å². The minimum Gasteiger partial charge on any atom is -0.326 e. The molecule has 0 fully saturated rings. The van der Waals surface area contributed by atoms with Crippen molar-refractivity contribution in [1.29, 1.82) is 0 Å². The molecule has 0 atom stereocenters. The molecule has 0 bridgehead atoms. The standard InChI is InChI=1S/C12H18N2O/c1-9-5-4-6-10(2)12(9)14-11(15)7-8-13-3/h4-6,13H,7-8H2,1-3H3,(H,14,15). The molecule has 0 heterocycles. The zero-order valence-corrected chi connectivity index (χ0v) is 9.55. The van der Waals surface area contributed by atoms with Gasteiger partial charge in [0.1, 0.15) is 0 Å². The van der Waals surface area contributed by atoms with Gasteiger partial charge in [-0.05, 0) is 32.0 Å². The summed E-state index contributed by atoms with van der Waals surface area (Å²) in [7, 11) is 1.84. The molecular weight excluding hydrogens is 188 g/mol. The van der Waals surface area contributed by atoms with Crippen LogP contribution < -0.4 is 10.6 Å². The molecule has 0 saturated carbocycles. The lowest BCUT2D eigenvalue weighted by atomic mass is 10.1. The number of rotatable bonds is 4. The third-order valence-electron chi connectivity index (χ3n) is 2.35. The average molecular weight is 206 g/mol. The lowest BCUT2D eigenvalue weighted by Crippen LogP contribution is -2.19. The molecule has 0 radical (unpaired) electrons. The highest BCUT2D eigenvalue weighted by Gasteiger charge is 2.05. The van der Waals surface area contributed by atoms with E-state index < -0.39 is 0 Å². The topological polar surface area (TPSA) is 41.1 Å². The molecule has 82 valence electrons. The van der Waals surface area contributed by atoms with E-state index in [1.807, 2.05) is 39.1 Å². The van der Waals surface area contributed by atoms with Gasteiger partial charge in [-0.25, -0.2) is 0 Å². The van der Waals surface area contributed by atoms with Gasteiger partial charge in [0, 0.05) is 18.7 Å². The number of hydrogen-bond donors (Lipinski definition) is 2. The summed E-state index contributed by atoms with van der Waals surface area (Å²) in [4.78, 5) is 11.5. The molecule has 3 nitrogen and oxygen atoms in total. The Bertz CT molecular complexity index is 327. The van der Waals surface area contributed by atoms with Gasteiger partial charge in [-0.15, -0.1) is 0 Å². The zero-order valence-electron chi connectivity index (χ0n) is 9.55. The molecule has 3 heteroatoms. The summed E-state index contributed by atoms with van der Waals surface area (Å²) in [6, 6.07) is 6.00. The third-order valence-corrected chi connectivity index (χ3v) is 2.35. The summed E-state index contributed by atoms with van der Waals surface area (Å²) >= 11 is 0. The lowest BCUT2D eigenvalue weighted by molar-refractivity contribution is -0.116. The van der Waals surface area contributed by atoms with E-state index in [-0.39, 0.29) is 5.91 Å². The first kappa shape index (κ1) is 11.7.